The molecule has 1 fully saturated rings. The third-order valence-electron chi connectivity index (χ3n) is 3.28. The molecule has 1 unspecified atom stereocenters. The molecule has 5 heteroatoms. The molecule has 0 aliphatic carbocycles. The standard InChI is InChI=1S/C14H16ClN3O/c15-13-3-1-2-4-14(13)19-12-8-17-18(10-12)9-11-5-6-16-7-11/h1-4,8,10-11,16H,5-7,9H2. The molecule has 4 nitrogen and oxygen atoms in total. The van der Waals surface area contributed by atoms with Crippen molar-refractivity contribution in [1.29, 1.82) is 0 Å². The summed E-state index contributed by atoms with van der Waals surface area (Å²) >= 11 is 6.06. The Bertz CT molecular complexity index is 549. The van der Waals surface area contributed by atoms with Crippen molar-refractivity contribution >= 4 is 11.6 Å². The van der Waals surface area contributed by atoms with Crippen LogP contribution in [0.15, 0.2) is 36.7 Å². The van der Waals surface area contributed by atoms with E-state index in [-0.39, 0.29) is 0 Å². The van der Waals surface area contributed by atoms with E-state index >= 15 is 0 Å². The topological polar surface area (TPSA) is 39.1 Å². The number of rotatable bonds is 4. The number of aromatic nitrogens is 2. The fourth-order valence-electron chi connectivity index (χ4n) is 2.29. The maximum Gasteiger partial charge on any atom is 0.165 e. The van der Waals surface area contributed by atoms with Gasteiger partial charge in [-0.05, 0) is 37.6 Å². The van der Waals surface area contributed by atoms with Crippen LogP contribution in [0.2, 0.25) is 5.02 Å². The second-order valence-corrected chi connectivity index (χ2v) is 5.20. The third-order valence-corrected chi connectivity index (χ3v) is 3.59. The largest absolute Gasteiger partial charge is 0.452 e. The van der Waals surface area contributed by atoms with Gasteiger partial charge in [0.2, 0.25) is 0 Å². The summed E-state index contributed by atoms with van der Waals surface area (Å²) in [5, 5.41) is 8.29. The van der Waals surface area contributed by atoms with Gasteiger partial charge in [-0.3, -0.25) is 4.68 Å². The van der Waals surface area contributed by atoms with Crippen LogP contribution in [0.3, 0.4) is 0 Å². The van der Waals surface area contributed by atoms with Crippen molar-refractivity contribution in [2.45, 2.75) is 13.0 Å². The number of benzene rings is 1. The Morgan fingerprint density at radius 1 is 1.42 bits per heavy atom. The van der Waals surface area contributed by atoms with Crippen molar-refractivity contribution in [1.82, 2.24) is 15.1 Å². The first-order chi connectivity index (χ1) is 9.31. The van der Waals surface area contributed by atoms with Gasteiger partial charge < -0.3 is 10.1 Å². The quantitative estimate of drug-likeness (QED) is 0.934. The summed E-state index contributed by atoms with van der Waals surface area (Å²) in [6.07, 6.45) is 4.86. The second-order valence-electron chi connectivity index (χ2n) is 4.79. The van der Waals surface area contributed by atoms with Gasteiger partial charge in [0.1, 0.15) is 5.75 Å². The second kappa shape index (κ2) is 5.63. The lowest BCUT2D eigenvalue weighted by Crippen LogP contribution is -2.14. The van der Waals surface area contributed by atoms with Crippen molar-refractivity contribution in [3.8, 4) is 11.5 Å². The molecule has 1 aliphatic rings. The molecule has 0 radical (unpaired) electrons. The van der Waals surface area contributed by atoms with E-state index in [1.807, 2.05) is 35.1 Å². The molecule has 1 N–H and O–H groups in total. The van der Waals surface area contributed by atoms with Crippen LogP contribution in [0.4, 0.5) is 0 Å². The number of hydrogen-bond acceptors (Lipinski definition) is 3. The molecule has 1 aromatic carbocycles. The van der Waals surface area contributed by atoms with Crippen LogP contribution in [0.5, 0.6) is 11.5 Å². The molecule has 19 heavy (non-hydrogen) atoms. The number of para-hydroxylation sites is 1. The minimum atomic E-state index is 0.607. The summed E-state index contributed by atoms with van der Waals surface area (Å²) in [5.41, 5.74) is 0. The van der Waals surface area contributed by atoms with Gasteiger partial charge in [0.05, 0.1) is 17.4 Å². The molecular formula is C14H16ClN3O. The van der Waals surface area contributed by atoms with Gasteiger partial charge in [0, 0.05) is 6.54 Å². The van der Waals surface area contributed by atoms with E-state index in [9.17, 15) is 0 Å². The summed E-state index contributed by atoms with van der Waals surface area (Å²) in [7, 11) is 0. The van der Waals surface area contributed by atoms with E-state index in [4.69, 9.17) is 16.3 Å². The molecule has 1 atom stereocenters. The third kappa shape index (κ3) is 3.08. The van der Waals surface area contributed by atoms with Crippen LogP contribution < -0.4 is 10.1 Å². The summed E-state index contributed by atoms with van der Waals surface area (Å²) in [6.45, 7) is 3.11. The van der Waals surface area contributed by atoms with Crippen LogP contribution in [-0.4, -0.2) is 22.9 Å². The molecule has 0 spiro atoms. The molecule has 0 bridgehead atoms. The molecule has 1 aromatic heterocycles. The number of ether oxygens (including phenoxy) is 1. The van der Waals surface area contributed by atoms with Crippen LogP contribution in [0, 0.1) is 5.92 Å². The van der Waals surface area contributed by atoms with Gasteiger partial charge in [-0.15, -0.1) is 0 Å². The van der Waals surface area contributed by atoms with Gasteiger partial charge in [-0.2, -0.15) is 5.10 Å². The molecule has 1 aliphatic heterocycles. The molecule has 0 saturated carbocycles. The summed E-state index contributed by atoms with van der Waals surface area (Å²) in [4.78, 5) is 0. The minimum Gasteiger partial charge on any atom is -0.452 e. The number of halogens is 1. The Labute approximate surface area is 117 Å². The van der Waals surface area contributed by atoms with Crippen molar-refractivity contribution in [3.63, 3.8) is 0 Å². The predicted octanol–water partition coefficient (Wildman–Crippen LogP) is 2.94. The van der Waals surface area contributed by atoms with Crippen LogP contribution in [-0.2, 0) is 6.54 Å². The van der Waals surface area contributed by atoms with E-state index < -0.39 is 0 Å². The first-order valence-electron chi connectivity index (χ1n) is 6.47. The average molecular weight is 278 g/mol. The van der Waals surface area contributed by atoms with Crippen LogP contribution in [0.1, 0.15) is 6.42 Å². The zero-order valence-electron chi connectivity index (χ0n) is 10.6. The first kappa shape index (κ1) is 12.5. The lowest BCUT2D eigenvalue weighted by Gasteiger charge is -2.07. The van der Waals surface area contributed by atoms with Crippen molar-refractivity contribution in [2.24, 2.45) is 5.92 Å². The van der Waals surface area contributed by atoms with Gasteiger partial charge in [-0.25, -0.2) is 0 Å². The zero-order valence-corrected chi connectivity index (χ0v) is 11.3. The fourth-order valence-corrected chi connectivity index (χ4v) is 2.46. The van der Waals surface area contributed by atoms with Gasteiger partial charge in [0.25, 0.3) is 0 Å². The highest BCUT2D eigenvalue weighted by molar-refractivity contribution is 6.32. The fraction of sp³-hybridized carbons (Fsp3) is 0.357. The lowest BCUT2D eigenvalue weighted by atomic mass is 10.1. The number of nitrogens with zero attached hydrogens (tertiary/aromatic N) is 2. The van der Waals surface area contributed by atoms with E-state index in [1.165, 1.54) is 6.42 Å². The number of nitrogens with one attached hydrogen (secondary N) is 1. The Morgan fingerprint density at radius 2 is 2.32 bits per heavy atom. The SMILES string of the molecule is Clc1ccccc1Oc1cnn(CC2CCNC2)c1. The van der Waals surface area contributed by atoms with E-state index in [2.05, 4.69) is 10.4 Å². The zero-order chi connectivity index (χ0) is 13.1. The predicted molar refractivity (Wildman–Crippen MR) is 74.7 cm³/mol. The van der Waals surface area contributed by atoms with Crippen molar-refractivity contribution < 1.29 is 4.74 Å². The highest BCUT2D eigenvalue weighted by atomic mass is 35.5. The molecular weight excluding hydrogens is 262 g/mol. The minimum absolute atomic E-state index is 0.607. The maximum atomic E-state index is 6.06. The lowest BCUT2D eigenvalue weighted by molar-refractivity contribution is 0.444. The van der Waals surface area contributed by atoms with Crippen molar-refractivity contribution in [3.05, 3.63) is 41.7 Å². The van der Waals surface area contributed by atoms with E-state index in [0.29, 0.717) is 16.7 Å². The molecule has 2 aromatic rings. The highest BCUT2D eigenvalue weighted by Crippen LogP contribution is 2.28. The van der Waals surface area contributed by atoms with Crippen LogP contribution >= 0.6 is 11.6 Å². The van der Waals surface area contributed by atoms with Gasteiger partial charge in [0.15, 0.2) is 5.75 Å². The molecule has 0 amide bonds. The number of hydrogen-bond donors (Lipinski definition) is 1. The van der Waals surface area contributed by atoms with E-state index in [0.717, 1.165) is 25.4 Å². The Morgan fingerprint density at radius 3 is 3.11 bits per heavy atom. The van der Waals surface area contributed by atoms with Gasteiger partial charge in [-0.1, -0.05) is 23.7 Å². The summed E-state index contributed by atoms with van der Waals surface area (Å²) in [5.74, 6) is 2.04. The monoisotopic (exact) mass is 277 g/mol. The van der Waals surface area contributed by atoms with Gasteiger partial charge >= 0.3 is 0 Å². The molecule has 2 heterocycles. The summed E-state index contributed by atoms with van der Waals surface area (Å²) < 4.78 is 7.66. The van der Waals surface area contributed by atoms with E-state index in [1.54, 1.807) is 6.20 Å². The van der Waals surface area contributed by atoms with Crippen molar-refractivity contribution in [2.75, 3.05) is 13.1 Å². The first-order valence-corrected chi connectivity index (χ1v) is 6.84. The molecule has 1 saturated heterocycles. The Balaban J connectivity index is 1.66. The maximum absolute atomic E-state index is 6.06. The van der Waals surface area contributed by atoms with Crippen LogP contribution in [0.25, 0.3) is 0 Å². The molecule has 3 rings (SSSR count). The molecule has 100 valence electrons. The normalized spacial score (nSPS) is 18.7. The smallest absolute Gasteiger partial charge is 0.165 e. The average Bonchev–Trinajstić information content (AvgIpc) is 3.05. The summed E-state index contributed by atoms with van der Waals surface area (Å²) in [6, 6.07) is 7.44. The Kier molecular flexibility index (Phi) is 3.71. The Hall–Kier alpha value is -1.52. The highest BCUT2D eigenvalue weighted by Gasteiger charge is 2.15.